The normalized spacial score (nSPS) is 53.1. The van der Waals surface area contributed by atoms with Crippen molar-refractivity contribution in [3.05, 3.63) is 0 Å². The summed E-state index contributed by atoms with van der Waals surface area (Å²) in [5, 5.41) is 40.6. The average Bonchev–Trinajstić information content (AvgIpc) is 2.61. The molecule has 9 heteroatoms. The Morgan fingerprint density at radius 3 is 1.64 bits per heavy atom. The number of aliphatic hydroxyl groups is 4. The Bertz CT molecular complexity index is 494. The first-order chi connectivity index (χ1) is 13.2. The van der Waals surface area contributed by atoms with Crippen LogP contribution in [-0.2, 0) is 23.7 Å². The molecule has 164 valence electrons. The van der Waals surface area contributed by atoms with E-state index in [0.717, 1.165) is 0 Å². The Morgan fingerprint density at radius 2 is 1.07 bits per heavy atom. The molecule has 0 aliphatic carbocycles. The molecule has 9 nitrogen and oxygen atoms in total. The van der Waals surface area contributed by atoms with Gasteiger partial charge in [-0.3, -0.25) is 0 Å². The summed E-state index contributed by atoms with van der Waals surface area (Å²) >= 11 is 0. The second kappa shape index (κ2) is 9.20. The molecule has 0 spiro atoms. The summed E-state index contributed by atoms with van der Waals surface area (Å²) in [7, 11) is 0. The molecule has 0 aromatic carbocycles. The van der Waals surface area contributed by atoms with E-state index < -0.39 is 61.6 Å². The van der Waals surface area contributed by atoms with Crippen molar-refractivity contribution < 1.29 is 44.1 Å². The minimum atomic E-state index is -1.01. The van der Waals surface area contributed by atoms with E-state index in [0.29, 0.717) is 6.42 Å². The lowest BCUT2D eigenvalue weighted by molar-refractivity contribution is -0.323. The Kier molecular flexibility index (Phi) is 7.33. The largest absolute Gasteiger partial charge is 0.390 e. The van der Waals surface area contributed by atoms with Crippen LogP contribution in [0.2, 0.25) is 0 Å². The van der Waals surface area contributed by atoms with Crippen molar-refractivity contribution in [2.75, 3.05) is 0 Å². The highest BCUT2D eigenvalue weighted by molar-refractivity contribution is 4.86. The molecule has 0 aromatic heterocycles. The maximum atomic E-state index is 10.5. The maximum absolute atomic E-state index is 10.5. The molecule has 4 N–H and O–H groups in total. The monoisotopic (exact) mass is 406 g/mol. The molecule has 0 bridgehead atoms. The van der Waals surface area contributed by atoms with Gasteiger partial charge in [0.1, 0.15) is 12.2 Å². The Labute approximate surface area is 165 Å². The highest BCUT2D eigenvalue weighted by Gasteiger charge is 2.43. The van der Waals surface area contributed by atoms with Gasteiger partial charge in [0.25, 0.3) is 0 Å². The van der Waals surface area contributed by atoms with E-state index in [-0.39, 0.29) is 24.9 Å². The van der Waals surface area contributed by atoms with Gasteiger partial charge in [-0.1, -0.05) is 6.92 Å². The van der Waals surface area contributed by atoms with Crippen LogP contribution in [0.3, 0.4) is 0 Å². The minimum absolute atomic E-state index is 0.0237. The number of hydrogen-bond acceptors (Lipinski definition) is 9. The van der Waals surface area contributed by atoms with Gasteiger partial charge in [0.2, 0.25) is 0 Å². The van der Waals surface area contributed by atoms with Crippen LogP contribution in [-0.4, -0.2) is 88.1 Å². The number of aliphatic hydroxyl groups excluding tert-OH is 4. The van der Waals surface area contributed by atoms with Crippen molar-refractivity contribution in [1.29, 1.82) is 0 Å². The number of hydrogen-bond donors (Lipinski definition) is 4. The summed E-state index contributed by atoms with van der Waals surface area (Å²) in [5.41, 5.74) is 0. The third-order valence-electron chi connectivity index (χ3n) is 5.97. The van der Waals surface area contributed by atoms with Crippen molar-refractivity contribution in [1.82, 2.24) is 0 Å². The standard InChI is InChI=1S/C19H34O9/c1-8-5-15(25-9(2)17(8)21)28-13-7-16(26-11(4)19(13)23)27-12-6-14(20)24-10(3)18(12)22/h8-23H,5-7H2,1-4H3/t8-,9-,10+,11+,12+,13+,14+,15-,16-,17-,18+,19+/m0/s1. The van der Waals surface area contributed by atoms with Gasteiger partial charge in [-0.25, -0.2) is 0 Å². The summed E-state index contributed by atoms with van der Waals surface area (Å²) in [4.78, 5) is 0. The molecule has 0 unspecified atom stereocenters. The number of rotatable bonds is 4. The first kappa shape index (κ1) is 22.3. The molecular formula is C19H34O9. The third-order valence-corrected chi connectivity index (χ3v) is 5.97. The van der Waals surface area contributed by atoms with Crippen molar-refractivity contribution in [2.45, 2.75) is 115 Å². The zero-order valence-electron chi connectivity index (χ0n) is 16.9. The number of ether oxygens (including phenoxy) is 5. The van der Waals surface area contributed by atoms with Gasteiger partial charge in [-0.15, -0.1) is 0 Å². The van der Waals surface area contributed by atoms with Crippen molar-refractivity contribution in [3.63, 3.8) is 0 Å². The molecule has 3 rings (SSSR count). The van der Waals surface area contributed by atoms with Crippen LogP contribution in [0, 0.1) is 5.92 Å². The molecule has 3 fully saturated rings. The van der Waals surface area contributed by atoms with Gasteiger partial charge in [0, 0.05) is 19.3 Å². The molecule has 3 aliphatic rings. The van der Waals surface area contributed by atoms with E-state index in [9.17, 15) is 20.4 Å². The first-order valence-corrected chi connectivity index (χ1v) is 10.1. The topological polar surface area (TPSA) is 127 Å². The lowest BCUT2D eigenvalue weighted by Crippen LogP contribution is -2.54. The highest BCUT2D eigenvalue weighted by atomic mass is 16.7. The molecule has 12 atom stereocenters. The third kappa shape index (κ3) is 5.03. The van der Waals surface area contributed by atoms with Crippen LogP contribution in [0.4, 0.5) is 0 Å². The van der Waals surface area contributed by atoms with Crippen molar-refractivity contribution in [2.24, 2.45) is 5.92 Å². The van der Waals surface area contributed by atoms with Gasteiger partial charge in [-0.2, -0.15) is 0 Å². The maximum Gasteiger partial charge on any atom is 0.161 e. The molecular weight excluding hydrogens is 372 g/mol. The Morgan fingerprint density at radius 1 is 0.607 bits per heavy atom. The van der Waals surface area contributed by atoms with E-state index in [1.165, 1.54) is 0 Å². The van der Waals surface area contributed by atoms with Gasteiger partial charge in [0.05, 0.1) is 36.6 Å². The van der Waals surface area contributed by atoms with Crippen LogP contribution < -0.4 is 0 Å². The quantitative estimate of drug-likeness (QED) is 0.505. The van der Waals surface area contributed by atoms with Crippen LogP contribution in [0.5, 0.6) is 0 Å². The van der Waals surface area contributed by atoms with Gasteiger partial charge < -0.3 is 44.1 Å². The van der Waals surface area contributed by atoms with E-state index >= 15 is 0 Å². The van der Waals surface area contributed by atoms with Gasteiger partial charge >= 0.3 is 0 Å². The van der Waals surface area contributed by atoms with Crippen LogP contribution in [0.1, 0.15) is 47.0 Å². The molecule has 0 radical (unpaired) electrons. The SMILES string of the molecule is C[C@@H]1O[C@@H](O[C@@H]2C[C@H](O[C@@H]3C[C@H](O)O[C@H](C)[C@H]3O)O[C@H](C)[C@H]2O)C[C@H](C)[C@@H]1O. The smallest absolute Gasteiger partial charge is 0.161 e. The average molecular weight is 406 g/mol. The molecule has 0 aromatic rings. The van der Waals surface area contributed by atoms with Gasteiger partial charge in [-0.05, 0) is 26.7 Å². The predicted molar refractivity (Wildman–Crippen MR) is 96.0 cm³/mol. The predicted octanol–water partition coefficient (Wildman–Crippen LogP) is -0.127. The molecule has 3 heterocycles. The van der Waals surface area contributed by atoms with Crippen molar-refractivity contribution in [3.8, 4) is 0 Å². The lowest BCUT2D eigenvalue weighted by Gasteiger charge is -2.44. The van der Waals surface area contributed by atoms with Crippen LogP contribution in [0.15, 0.2) is 0 Å². The second-order valence-corrected chi connectivity index (χ2v) is 8.34. The van der Waals surface area contributed by atoms with E-state index in [1.54, 1.807) is 20.8 Å². The summed E-state index contributed by atoms with van der Waals surface area (Å²) in [6, 6.07) is 0. The molecule has 28 heavy (non-hydrogen) atoms. The summed E-state index contributed by atoms with van der Waals surface area (Å²) in [6.07, 6.45) is -6.29. The summed E-state index contributed by atoms with van der Waals surface area (Å²) in [6.45, 7) is 7.13. The Hall–Kier alpha value is -0.360. The van der Waals surface area contributed by atoms with E-state index in [1.807, 2.05) is 6.92 Å². The summed E-state index contributed by atoms with van der Waals surface area (Å²) in [5.74, 6) is 0.0237. The fourth-order valence-corrected chi connectivity index (χ4v) is 4.15. The van der Waals surface area contributed by atoms with E-state index in [2.05, 4.69) is 0 Å². The molecule has 0 saturated carbocycles. The lowest BCUT2D eigenvalue weighted by atomic mass is 9.94. The fraction of sp³-hybridized carbons (Fsp3) is 1.00. The molecule has 3 aliphatic heterocycles. The zero-order valence-corrected chi connectivity index (χ0v) is 16.9. The molecule has 0 amide bonds. The Balaban J connectivity index is 1.60. The molecule has 3 saturated heterocycles. The van der Waals surface area contributed by atoms with Crippen molar-refractivity contribution >= 4 is 0 Å². The zero-order chi connectivity index (χ0) is 20.6. The minimum Gasteiger partial charge on any atom is -0.390 e. The summed E-state index contributed by atoms with van der Waals surface area (Å²) < 4.78 is 28.6. The highest BCUT2D eigenvalue weighted by Crippen LogP contribution is 2.32. The van der Waals surface area contributed by atoms with Gasteiger partial charge in [0.15, 0.2) is 18.9 Å². The van der Waals surface area contributed by atoms with Crippen LogP contribution >= 0.6 is 0 Å². The first-order valence-electron chi connectivity index (χ1n) is 10.1. The van der Waals surface area contributed by atoms with Crippen LogP contribution in [0.25, 0.3) is 0 Å². The van der Waals surface area contributed by atoms with E-state index in [4.69, 9.17) is 23.7 Å². The second-order valence-electron chi connectivity index (χ2n) is 8.34. The fourth-order valence-electron chi connectivity index (χ4n) is 4.15.